The van der Waals surface area contributed by atoms with E-state index in [1.807, 2.05) is 0 Å². The van der Waals surface area contributed by atoms with E-state index in [0.29, 0.717) is 0 Å². The molecule has 0 aromatic carbocycles. The number of hydrogen-bond acceptors (Lipinski definition) is 6. The van der Waals surface area contributed by atoms with Gasteiger partial charge >= 0.3 is 11.9 Å². The SMILES string of the molecule is CCN(CC(=O)O)C(=O)C(CS)NC(=O)CCC(N)C(=O)O. The van der Waals surface area contributed by atoms with Crippen molar-refractivity contribution in [2.75, 3.05) is 18.8 Å². The van der Waals surface area contributed by atoms with Crippen LogP contribution in [0.3, 0.4) is 0 Å². The Morgan fingerprint density at radius 3 is 2.27 bits per heavy atom. The highest BCUT2D eigenvalue weighted by molar-refractivity contribution is 7.80. The number of likely N-dealkylation sites (N-methyl/N-ethyl adjacent to an activating group) is 1. The molecule has 0 saturated heterocycles. The topological polar surface area (TPSA) is 150 Å². The molecule has 22 heavy (non-hydrogen) atoms. The number of nitrogens with two attached hydrogens (primary N) is 1. The van der Waals surface area contributed by atoms with Crippen molar-refractivity contribution in [3.63, 3.8) is 0 Å². The molecule has 0 radical (unpaired) electrons. The normalized spacial score (nSPS) is 13.0. The summed E-state index contributed by atoms with van der Waals surface area (Å²) in [7, 11) is 0. The smallest absolute Gasteiger partial charge is 0.323 e. The Morgan fingerprint density at radius 1 is 1.27 bits per heavy atom. The van der Waals surface area contributed by atoms with Gasteiger partial charge in [0.25, 0.3) is 0 Å². The zero-order valence-corrected chi connectivity index (χ0v) is 13.1. The molecule has 0 aromatic heterocycles. The van der Waals surface area contributed by atoms with Crippen molar-refractivity contribution in [2.24, 2.45) is 5.73 Å². The minimum atomic E-state index is -1.21. The molecule has 9 nitrogen and oxygen atoms in total. The fourth-order valence-electron chi connectivity index (χ4n) is 1.59. The number of nitrogens with zero attached hydrogens (tertiary/aromatic N) is 1. The lowest BCUT2D eigenvalue weighted by Gasteiger charge is -2.24. The molecule has 0 bridgehead atoms. The van der Waals surface area contributed by atoms with E-state index < -0.39 is 42.4 Å². The van der Waals surface area contributed by atoms with Crippen molar-refractivity contribution in [3.8, 4) is 0 Å². The summed E-state index contributed by atoms with van der Waals surface area (Å²) in [4.78, 5) is 46.1. The van der Waals surface area contributed by atoms with Crippen LogP contribution in [0.25, 0.3) is 0 Å². The number of nitrogens with one attached hydrogen (secondary N) is 1. The zero-order chi connectivity index (χ0) is 17.3. The number of rotatable bonds is 10. The number of carboxylic acids is 2. The third kappa shape index (κ3) is 7.27. The molecule has 126 valence electrons. The summed E-state index contributed by atoms with van der Waals surface area (Å²) in [6.07, 6.45) is -0.225. The van der Waals surface area contributed by atoms with E-state index in [2.05, 4.69) is 17.9 Å². The quantitative estimate of drug-likeness (QED) is 0.306. The van der Waals surface area contributed by atoms with E-state index in [1.54, 1.807) is 6.92 Å². The highest BCUT2D eigenvalue weighted by Crippen LogP contribution is 2.01. The van der Waals surface area contributed by atoms with Crippen molar-refractivity contribution in [3.05, 3.63) is 0 Å². The maximum absolute atomic E-state index is 12.1. The summed E-state index contributed by atoms with van der Waals surface area (Å²) in [6, 6.07) is -2.13. The molecule has 5 N–H and O–H groups in total. The van der Waals surface area contributed by atoms with Crippen LogP contribution in [0, 0.1) is 0 Å². The van der Waals surface area contributed by atoms with E-state index in [4.69, 9.17) is 15.9 Å². The predicted molar refractivity (Wildman–Crippen MR) is 80.5 cm³/mol. The van der Waals surface area contributed by atoms with Gasteiger partial charge in [-0.05, 0) is 13.3 Å². The van der Waals surface area contributed by atoms with Gasteiger partial charge in [-0.2, -0.15) is 12.6 Å². The van der Waals surface area contributed by atoms with Crippen LogP contribution in [0.15, 0.2) is 0 Å². The van der Waals surface area contributed by atoms with Gasteiger partial charge < -0.3 is 26.2 Å². The van der Waals surface area contributed by atoms with Gasteiger partial charge in [-0.15, -0.1) is 0 Å². The van der Waals surface area contributed by atoms with Crippen LogP contribution in [0.1, 0.15) is 19.8 Å². The number of carboxylic acid groups (broad SMARTS) is 2. The third-order valence-corrected chi connectivity index (χ3v) is 3.20. The second-order valence-corrected chi connectivity index (χ2v) is 4.90. The average Bonchev–Trinajstić information content (AvgIpc) is 2.46. The molecule has 0 aromatic rings. The molecule has 0 heterocycles. The van der Waals surface area contributed by atoms with Crippen LogP contribution in [-0.2, 0) is 19.2 Å². The van der Waals surface area contributed by atoms with Crippen molar-refractivity contribution in [1.29, 1.82) is 0 Å². The maximum atomic E-state index is 12.1. The minimum absolute atomic E-state index is 0.00826. The Kier molecular flexibility index (Phi) is 9.18. The number of thiol groups is 1. The largest absolute Gasteiger partial charge is 0.480 e. The van der Waals surface area contributed by atoms with Gasteiger partial charge in [0.2, 0.25) is 11.8 Å². The monoisotopic (exact) mass is 335 g/mol. The Hall–Kier alpha value is -1.81. The number of carbonyl (C=O) groups excluding carboxylic acids is 2. The van der Waals surface area contributed by atoms with Gasteiger partial charge in [0.05, 0.1) is 0 Å². The van der Waals surface area contributed by atoms with Gasteiger partial charge in [0.15, 0.2) is 0 Å². The lowest BCUT2D eigenvalue weighted by molar-refractivity contribution is -0.145. The average molecular weight is 335 g/mol. The zero-order valence-electron chi connectivity index (χ0n) is 12.2. The Labute approximate surface area is 133 Å². The third-order valence-electron chi connectivity index (χ3n) is 2.84. The lowest BCUT2D eigenvalue weighted by Crippen LogP contribution is -2.51. The molecule has 10 heteroatoms. The van der Waals surface area contributed by atoms with Crippen LogP contribution in [-0.4, -0.2) is 69.8 Å². The Bertz CT molecular complexity index is 431. The van der Waals surface area contributed by atoms with E-state index >= 15 is 0 Å². The van der Waals surface area contributed by atoms with Gasteiger partial charge in [0, 0.05) is 18.7 Å². The number of amides is 2. The van der Waals surface area contributed by atoms with E-state index in [1.165, 1.54) is 0 Å². The summed E-state index contributed by atoms with van der Waals surface area (Å²) >= 11 is 3.97. The van der Waals surface area contributed by atoms with Crippen molar-refractivity contribution in [1.82, 2.24) is 10.2 Å². The van der Waals surface area contributed by atoms with Crippen molar-refractivity contribution >= 4 is 36.4 Å². The molecule has 0 rings (SSSR count). The molecule has 0 spiro atoms. The maximum Gasteiger partial charge on any atom is 0.323 e. The molecule has 2 atom stereocenters. The molecular weight excluding hydrogens is 314 g/mol. The van der Waals surface area contributed by atoms with E-state index in [9.17, 15) is 19.2 Å². The molecule has 2 unspecified atom stereocenters. The predicted octanol–water partition coefficient (Wildman–Crippen LogP) is -1.47. The van der Waals surface area contributed by atoms with Crippen LogP contribution in [0.2, 0.25) is 0 Å². The second-order valence-electron chi connectivity index (χ2n) is 4.53. The molecule has 0 saturated carbocycles. The molecule has 2 amide bonds. The molecule has 0 aliphatic heterocycles. The molecule has 0 fully saturated rings. The van der Waals surface area contributed by atoms with Crippen LogP contribution < -0.4 is 11.1 Å². The number of carbonyl (C=O) groups is 4. The first-order valence-corrected chi connectivity index (χ1v) is 7.25. The second kappa shape index (κ2) is 10.0. The van der Waals surface area contributed by atoms with Gasteiger partial charge in [-0.1, -0.05) is 0 Å². The van der Waals surface area contributed by atoms with Gasteiger partial charge in [-0.3, -0.25) is 19.2 Å². The summed E-state index contributed by atoms with van der Waals surface area (Å²) in [5, 5.41) is 19.7. The fourth-order valence-corrected chi connectivity index (χ4v) is 1.84. The lowest BCUT2D eigenvalue weighted by atomic mass is 10.1. The summed E-state index contributed by atoms with van der Waals surface area (Å²) in [5.74, 6) is -3.49. The van der Waals surface area contributed by atoms with E-state index in [-0.39, 0.29) is 25.1 Å². The van der Waals surface area contributed by atoms with Gasteiger partial charge in [0.1, 0.15) is 18.6 Å². The fraction of sp³-hybridized carbons (Fsp3) is 0.667. The molecular formula is C12H21N3O6S. The minimum Gasteiger partial charge on any atom is -0.480 e. The summed E-state index contributed by atoms with van der Waals surface area (Å²) in [6.45, 7) is 1.32. The van der Waals surface area contributed by atoms with Crippen LogP contribution in [0.5, 0.6) is 0 Å². The molecule has 0 aliphatic carbocycles. The first-order chi connectivity index (χ1) is 10.2. The highest BCUT2D eigenvalue weighted by atomic mass is 32.1. The number of aliphatic carboxylic acids is 2. The Balaban J connectivity index is 4.56. The standard InChI is InChI=1S/C12H21N3O6S/c1-2-15(5-10(17)18)11(19)8(6-22)14-9(16)4-3-7(13)12(20)21/h7-8,22H,2-6,13H2,1H3,(H,14,16)(H,17,18)(H,20,21). The van der Waals surface area contributed by atoms with E-state index in [0.717, 1.165) is 4.90 Å². The van der Waals surface area contributed by atoms with Crippen molar-refractivity contribution < 1.29 is 29.4 Å². The van der Waals surface area contributed by atoms with Gasteiger partial charge in [-0.25, -0.2) is 0 Å². The first kappa shape index (κ1) is 20.2. The summed E-state index contributed by atoms with van der Waals surface area (Å²) in [5.41, 5.74) is 5.28. The molecule has 0 aliphatic rings. The first-order valence-electron chi connectivity index (χ1n) is 6.62. The summed E-state index contributed by atoms with van der Waals surface area (Å²) < 4.78 is 0. The Morgan fingerprint density at radius 2 is 1.86 bits per heavy atom. The van der Waals surface area contributed by atoms with Crippen molar-refractivity contribution in [2.45, 2.75) is 31.8 Å². The van der Waals surface area contributed by atoms with Crippen LogP contribution in [0.4, 0.5) is 0 Å². The highest BCUT2D eigenvalue weighted by Gasteiger charge is 2.25. The van der Waals surface area contributed by atoms with Crippen LogP contribution >= 0.6 is 12.6 Å². The number of hydrogen-bond donors (Lipinski definition) is 5.